The van der Waals surface area contributed by atoms with Gasteiger partial charge in [0.1, 0.15) is 22.5 Å². The van der Waals surface area contributed by atoms with E-state index in [1.807, 2.05) is 27.7 Å². The molecule has 71 heavy (non-hydrogen) atoms. The third-order valence-electron chi connectivity index (χ3n) is 12.1. The van der Waals surface area contributed by atoms with Crippen molar-refractivity contribution in [2.24, 2.45) is 17.8 Å². The number of benzene rings is 1. The van der Waals surface area contributed by atoms with Gasteiger partial charge in [-0.05, 0) is 74.7 Å². The fourth-order valence-corrected chi connectivity index (χ4v) is 14.0. The van der Waals surface area contributed by atoms with Gasteiger partial charge in [0.15, 0.2) is 6.10 Å². The number of phosphoric ester groups is 1. The van der Waals surface area contributed by atoms with E-state index >= 15 is 0 Å². The minimum absolute atomic E-state index is 0.000127. The molecule has 3 unspecified atom stereocenters. The molecule has 3 rings (SSSR count). The van der Waals surface area contributed by atoms with E-state index in [-0.39, 0.29) is 84.3 Å². The number of piperidine rings is 1. The molecule has 0 aliphatic carbocycles. The van der Waals surface area contributed by atoms with Crippen LogP contribution < -0.4 is 20.5 Å². The lowest BCUT2D eigenvalue weighted by molar-refractivity contribution is -0.149. The van der Waals surface area contributed by atoms with Crippen LogP contribution in [0.15, 0.2) is 29.6 Å². The Balaban J connectivity index is 1.70. The molecule has 2 aromatic rings. The molecule has 400 valence electrons. The Hall–Kier alpha value is -3.53. The maximum atomic E-state index is 14.5. The Kier molecular flexibility index (Phi) is 25.6. The van der Waals surface area contributed by atoms with Crippen LogP contribution >= 0.6 is 48.1 Å². The van der Waals surface area contributed by atoms with Gasteiger partial charge in [-0.15, -0.1) is 11.3 Å². The van der Waals surface area contributed by atoms with Crippen molar-refractivity contribution in [1.82, 2.24) is 30.7 Å². The zero-order valence-corrected chi connectivity index (χ0v) is 46.3. The summed E-state index contributed by atoms with van der Waals surface area (Å²) in [6.45, 7) is 13.8. The maximum Gasteiger partial charge on any atom is 0.524 e. The maximum absolute atomic E-state index is 14.5. The monoisotopic (exact) mass is 1090 g/mol. The minimum Gasteiger partial charge on any atom is -0.481 e. The highest BCUT2D eigenvalue weighted by atomic mass is 33.1. The Morgan fingerprint density at radius 1 is 0.958 bits per heavy atom. The minimum atomic E-state index is -4.78. The number of hydrogen-bond donors (Lipinski definition) is 7. The smallest absolute Gasteiger partial charge is 0.481 e. The molecule has 1 aromatic heterocycles. The average Bonchev–Trinajstić information content (AvgIpc) is 3.79. The number of aliphatic carboxylic acids is 1. The third kappa shape index (κ3) is 21.8. The van der Waals surface area contributed by atoms with E-state index in [0.717, 1.165) is 37.1 Å². The number of carbonyl (C=O) groups excluding carboxylic acids is 5. The van der Waals surface area contributed by atoms with E-state index in [2.05, 4.69) is 37.3 Å². The van der Waals surface area contributed by atoms with Crippen LogP contribution in [0.2, 0.25) is 0 Å². The van der Waals surface area contributed by atoms with E-state index in [1.54, 1.807) is 34.9 Å². The summed E-state index contributed by atoms with van der Waals surface area (Å²) in [5.41, 5.74) is 0.630. The van der Waals surface area contributed by atoms with Crippen molar-refractivity contribution in [3.8, 4) is 5.75 Å². The lowest BCUT2D eigenvalue weighted by Gasteiger charge is -2.38. The first-order valence-corrected chi connectivity index (χ1v) is 30.6. The molecular weight excluding hydrogens is 1020 g/mol. The second-order valence-corrected chi connectivity index (χ2v) is 26.3. The fraction of sp³-hybridized carbons (Fsp3) is 0.674. The molecule has 25 heteroatoms. The fourth-order valence-electron chi connectivity index (χ4n) is 8.08. The molecule has 4 amide bonds. The number of carbonyl (C=O) groups is 6. The molecule has 7 N–H and O–H groups in total. The highest BCUT2D eigenvalue weighted by Crippen LogP contribution is 2.43. The van der Waals surface area contributed by atoms with Gasteiger partial charge in [0.25, 0.3) is 5.91 Å². The van der Waals surface area contributed by atoms with Gasteiger partial charge in [0, 0.05) is 74.7 Å². The van der Waals surface area contributed by atoms with Crippen molar-refractivity contribution in [2.45, 2.75) is 135 Å². The van der Waals surface area contributed by atoms with Crippen LogP contribution in [0, 0.1) is 17.8 Å². The predicted octanol–water partition coefficient (Wildman–Crippen LogP) is 6.11. The first kappa shape index (κ1) is 61.8. The molecule has 1 aromatic carbocycles. The SMILES string of the molecule is CNC(=O)CCP(=O)(O)CCSSC(C)CCN1CCCC[C@@H]1C(=O)N[C@H](C(=O)N(C)[C@H](C[C@@H](OC(C)=O)c1nc(C(=O)N[C@@H](Cc2ccc(OP(=O)(O)O)cc2)CC(C)C(=O)O)cs1)C(C)C)C(C)C. The first-order valence-electron chi connectivity index (χ1n) is 23.8. The summed E-state index contributed by atoms with van der Waals surface area (Å²) < 4.78 is 34.1. The molecule has 2 heterocycles. The summed E-state index contributed by atoms with van der Waals surface area (Å²) in [4.78, 5) is 115. The number of hydrogen-bond acceptors (Lipinski definition) is 15. The number of ether oxygens (including phenoxy) is 1. The molecule has 1 aliphatic rings. The number of amides is 4. The van der Waals surface area contributed by atoms with Gasteiger partial charge in [-0.25, -0.2) is 9.55 Å². The zero-order valence-electron chi connectivity index (χ0n) is 42.1. The largest absolute Gasteiger partial charge is 0.524 e. The van der Waals surface area contributed by atoms with Gasteiger partial charge < -0.3 is 40.1 Å². The summed E-state index contributed by atoms with van der Waals surface area (Å²) in [5, 5.41) is 20.1. The van der Waals surface area contributed by atoms with Gasteiger partial charge in [0.2, 0.25) is 25.1 Å². The van der Waals surface area contributed by atoms with E-state index < -0.39 is 69.2 Å². The van der Waals surface area contributed by atoms with Crippen molar-refractivity contribution >= 4 is 83.7 Å². The number of carboxylic acids is 1. The summed E-state index contributed by atoms with van der Waals surface area (Å²) in [6.07, 6.45) is 2.69. The van der Waals surface area contributed by atoms with Crippen molar-refractivity contribution in [3.63, 3.8) is 0 Å². The van der Waals surface area contributed by atoms with Crippen molar-refractivity contribution in [2.75, 3.05) is 45.3 Å². The van der Waals surface area contributed by atoms with E-state index in [4.69, 9.17) is 14.5 Å². The van der Waals surface area contributed by atoms with Crippen LogP contribution in [0.4, 0.5) is 0 Å². The molecule has 0 spiro atoms. The van der Waals surface area contributed by atoms with Gasteiger partial charge in [0.05, 0.1) is 12.0 Å². The van der Waals surface area contributed by atoms with Crippen LogP contribution in [-0.2, 0) is 44.3 Å². The number of nitrogens with zero attached hydrogens (tertiary/aromatic N) is 3. The lowest BCUT2D eigenvalue weighted by Crippen LogP contribution is -2.58. The Morgan fingerprint density at radius 3 is 2.23 bits per heavy atom. The second-order valence-electron chi connectivity index (χ2n) is 18.8. The first-order chi connectivity index (χ1) is 33.2. The average molecular weight is 1090 g/mol. The number of esters is 1. The summed E-state index contributed by atoms with van der Waals surface area (Å²) in [6, 6.07) is 3.29. The summed E-state index contributed by atoms with van der Waals surface area (Å²) in [5.74, 6) is -3.96. The normalized spacial score (nSPS) is 17.7. The van der Waals surface area contributed by atoms with Crippen LogP contribution in [0.1, 0.15) is 121 Å². The standard InChI is InChI=1S/C46H74N6O14P2S3/c1-28(2)38(26-39(65-32(7)53)44-49-36(27-69-44)42(55)48-34(24-30(5)46(58)59)25-33-13-15-35(16-14-33)66-68(62,63)64)51(9)45(57)41(29(3)4)50-43(56)37-12-10-11-19-52(37)20-17-31(6)71-70-23-22-67(60,61)21-18-40(54)47-8/h13-16,27-31,34,37-39,41H,10-12,17-26H2,1-9H3,(H,47,54)(H,48,55)(H,50,56)(H,58,59)(H,60,61)(H2,62,63,64)/t30?,31?,34-,37-,38-,39-,41+/m1/s1. The van der Waals surface area contributed by atoms with E-state index in [0.29, 0.717) is 29.3 Å². The van der Waals surface area contributed by atoms with Gasteiger partial charge >= 0.3 is 19.8 Å². The summed E-state index contributed by atoms with van der Waals surface area (Å²) in [7, 11) is -1.88. The Morgan fingerprint density at radius 2 is 1.63 bits per heavy atom. The number of rotatable bonds is 30. The third-order valence-corrected chi connectivity index (χ3v) is 18.6. The van der Waals surface area contributed by atoms with Crippen LogP contribution in [-0.4, -0.2) is 145 Å². The van der Waals surface area contributed by atoms with Crippen molar-refractivity contribution in [3.05, 3.63) is 45.9 Å². The van der Waals surface area contributed by atoms with Crippen LogP contribution in [0.25, 0.3) is 0 Å². The van der Waals surface area contributed by atoms with E-state index in [1.165, 1.54) is 49.2 Å². The highest BCUT2D eigenvalue weighted by molar-refractivity contribution is 8.77. The molecular formula is C46H74N6O14P2S3. The summed E-state index contributed by atoms with van der Waals surface area (Å²) >= 11 is 1.09. The van der Waals surface area contributed by atoms with Gasteiger partial charge in [-0.3, -0.25) is 48.0 Å². The van der Waals surface area contributed by atoms with Gasteiger partial charge in [-0.1, -0.05) is 81.7 Å². The number of likely N-dealkylation sites (tertiary alicyclic amines) is 1. The molecule has 1 saturated heterocycles. The Labute approximate surface area is 429 Å². The van der Waals surface area contributed by atoms with Crippen LogP contribution in [0.3, 0.4) is 0 Å². The number of likely N-dealkylation sites (N-methyl/N-ethyl adjacent to an activating group) is 1. The van der Waals surface area contributed by atoms with Gasteiger partial charge in [-0.2, -0.15) is 0 Å². The number of aromatic nitrogens is 1. The molecule has 1 fully saturated rings. The van der Waals surface area contributed by atoms with Crippen molar-refractivity contribution in [1.29, 1.82) is 0 Å². The van der Waals surface area contributed by atoms with Crippen molar-refractivity contribution < 1.29 is 66.9 Å². The quantitative estimate of drug-likeness (QED) is 0.0201. The predicted molar refractivity (Wildman–Crippen MR) is 276 cm³/mol. The van der Waals surface area contributed by atoms with Crippen LogP contribution in [0.5, 0.6) is 5.75 Å². The molecule has 1 aliphatic heterocycles. The number of thiazole rings is 1. The molecule has 0 saturated carbocycles. The molecule has 0 radical (unpaired) electrons. The number of carboxylic acid groups (broad SMARTS) is 1. The Bertz CT molecular complexity index is 2180. The molecule has 0 bridgehead atoms. The molecule has 20 nitrogen and oxygen atoms in total. The highest BCUT2D eigenvalue weighted by Gasteiger charge is 2.38. The topological polar surface area (TPSA) is 291 Å². The van der Waals surface area contributed by atoms with E-state index in [9.17, 15) is 47.9 Å². The second kappa shape index (κ2) is 29.4. The zero-order chi connectivity index (χ0) is 53.2. The lowest BCUT2D eigenvalue weighted by atomic mass is 9.94. The number of phosphoric acid groups is 1. The number of nitrogens with one attached hydrogen (secondary N) is 3. The molecule has 8 atom stereocenters.